The van der Waals surface area contributed by atoms with E-state index in [4.69, 9.17) is 0 Å². The Morgan fingerprint density at radius 1 is 1.05 bits per heavy atom. The Morgan fingerprint density at radius 2 is 1.67 bits per heavy atom. The third kappa shape index (κ3) is 3.25. The van der Waals surface area contributed by atoms with E-state index in [1.165, 1.54) is 14.0 Å². The highest BCUT2D eigenvalue weighted by atomic mass is 16.5. The van der Waals surface area contributed by atoms with Crippen molar-refractivity contribution in [1.82, 2.24) is 4.98 Å². The van der Waals surface area contributed by atoms with E-state index in [1.807, 2.05) is 30.3 Å². The number of pyridine rings is 1. The topological polar surface area (TPSA) is 59.5 Å². The molecular weight excluding hydrogens is 268 g/mol. The lowest BCUT2D eigenvalue weighted by atomic mass is 10.1. The van der Waals surface area contributed by atoms with Crippen molar-refractivity contribution in [3.8, 4) is 11.1 Å². The molecule has 5 heteroatoms. The van der Waals surface area contributed by atoms with Crippen molar-refractivity contribution < 1.29 is 14.3 Å². The average Bonchev–Trinajstić information content (AvgIpc) is 2.53. The number of hydrogen-bond acceptors (Lipinski definition) is 4. The minimum absolute atomic E-state index is 0.0214. The first kappa shape index (κ1) is 14.7. The summed E-state index contributed by atoms with van der Waals surface area (Å²) in [4.78, 5) is 28.3. The number of esters is 1. The number of amides is 1. The fourth-order valence-corrected chi connectivity index (χ4v) is 1.85. The van der Waals surface area contributed by atoms with Gasteiger partial charge in [-0.25, -0.2) is 9.78 Å². The summed E-state index contributed by atoms with van der Waals surface area (Å²) >= 11 is 0. The van der Waals surface area contributed by atoms with Crippen molar-refractivity contribution >= 4 is 17.6 Å². The molecule has 0 aliphatic heterocycles. The summed E-state index contributed by atoms with van der Waals surface area (Å²) in [6, 6.07) is 11.0. The SMILES string of the molecule is COC(=O)c1ccc(-c2ccc(N(C)C(C)=O)cc2)cn1. The van der Waals surface area contributed by atoms with E-state index < -0.39 is 5.97 Å². The van der Waals surface area contributed by atoms with Crippen LogP contribution < -0.4 is 4.90 Å². The van der Waals surface area contributed by atoms with Crippen LogP contribution in [0.1, 0.15) is 17.4 Å². The highest BCUT2D eigenvalue weighted by molar-refractivity contribution is 5.91. The van der Waals surface area contributed by atoms with Crippen LogP contribution in [0.25, 0.3) is 11.1 Å². The van der Waals surface area contributed by atoms with Gasteiger partial charge in [0.05, 0.1) is 7.11 Å². The van der Waals surface area contributed by atoms with E-state index in [9.17, 15) is 9.59 Å². The molecule has 0 aliphatic rings. The number of carbonyl (C=O) groups is 2. The molecule has 1 aromatic carbocycles. The lowest BCUT2D eigenvalue weighted by Gasteiger charge is -2.15. The fourth-order valence-electron chi connectivity index (χ4n) is 1.85. The van der Waals surface area contributed by atoms with Crippen LogP contribution in [0.15, 0.2) is 42.6 Å². The smallest absolute Gasteiger partial charge is 0.356 e. The molecule has 5 nitrogen and oxygen atoms in total. The number of anilines is 1. The molecule has 0 saturated carbocycles. The zero-order valence-electron chi connectivity index (χ0n) is 12.2. The molecule has 0 spiro atoms. The zero-order chi connectivity index (χ0) is 15.4. The molecule has 2 aromatic rings. The van der Waals surface area contributed by atoms with Gasteiger partial charge in [0.2, 0.25) is 5.91 Å². The molecular formula is C16H16N2O3. The Hall–Kier alpha value is -2.69. The second-order valence-corrected chi connectivity index (χ2v) is 4.55. The lowest BCUT2D eigenvalue weighted by molar-refractivity contribution is -0.116. The number of aromatic nitrogens is 1. The van der Waals surface area contributed by atoms with E-state index in [0.29, 0.717) is 0 Å². The number of carbonyl (C=O) groups excluding carboxylic acids is 2. The van der Waals surface area contributed by atoms with E-state index in [2.05, 4.69) is 9.72 Å². The molecule has 1 heterocycles. The quantitative estimate of drug-likeness (QED) is 0.813. The maximum absolute atomic E-state index is 11.3. The van der Waals surface area contributed by atoms with Gasteiger partial charge in [-0.1, -0.05) is 18.2 Å². The van der Waals surface area contributed by atoms with Gasteiger partial charge < -0.3 is 9.64 Å². The Balaban J connectivity index is 2.23. The molecule has 0 atom stereocenters. The van der Waals surface area contributed by atoms with Gasteiger partial charge in [-0.2, -0.15) is 0 Å². The summed E-state index contributed by atoms with van der Waals surface area (Å²) in [5, 5.41) is 0. The molecule has 0 radical (unpaired) electrons. The molecule has 0 unspecified atom stereocenters. The van der Waals surface area contributed by atoms with Gasteiger partial charge in [-0.3, -0.25) is 4.79 Å². The summed E-state index contributed by atoms with van der Waals surface area (Å²) in [5.41, 5.74) is 2.94. The number of methoxy groups -OCH3 is 1. The normalized spacial score (nSPS) is 10.0. The second-order valence-electron chi connectivity index (χ2n) is 4.55. The molecule has 108 valence electrons. The highest BCUT2D eigenvalue weighted by Gasteiger charge is 2.08. The fraction of sp³-hybridized carbons (Fsp3) is 0.188. The molecule has 0 aliphatic carbocycles. The van der Waals surface area contributed by atoms with Gasteiger partial charge in [0.15, 0.2) is 0 Å². The molecule has 1 aromatic heterocycles. The van der Waals surface area contributed by atoms with Crippen LogP contribution in [-0.2, 0) is 9.53 Å². The van der Waals surface area contributed by atoms with Crippen molar-refractivity contribution in [2.24, 2.45) is 0 Å². The van der Waals surface area contributed by atoms with Gasteiger partial charge in [0.1, 0.15) is 5.69 Å². The summed E-state index contributed by atoms with van der Waals surface area (Å²) in [6.07, 6.45) is 1.62. The number of hydrogen-bond donors (Lipinski definition) is 0. The summed E-state index contributed by atoms with van der Waals surface area (Å²) < 4.78 is 4.61. The molecule has 0 bridgehead atoms. The van der Waals surface area contributed by atoms with E-state index in [0.717, 1.165) is 16.8 Å². The summed E-state index contributed by atoms with van der Waals surface area (Å²) in [5.74, 6) is -0.480. The molecule has 2 rings (SSSR count). The van der Waals surface area contributed by atoms with E-state index >= 15 is 0 Å². The van der Waals surface area contributed by atoms with Crippen LogP contribution >= 0.6 is 0 Å². The minimum atomic E-state index is -0.458. The van der Waals surface area contributed by atoms with Crippen molar-refractivity contribution in [3.63, 3.8) is 0 Å². The number of nitrogens with zero attached hydrogens (tertiary/aromatic N) is 2. The van der Waals surface area contributed by atoms with Crippen molar-refractivity contribution in [2.45, 2.75) is 6.92 Å². The Bertz CT molecular complexity index is 648. The Labute approximate surface area is 123 Å². The molecule has 0 saturated heterocycles. The largest absolute Gasteiger partial charge is 0.464 e. The minimum Gasteiger partial charge on any atom is -0.464 e. The van der Waals surface area contributed by atoms with Gasteiger partial charge in [0.25, 0.3) is 0 Å². The maximum atomic E-state index is 11.3. The third-order valence-corrected chi connectivity index (χ3v) is 3.22. The van der Waals surface area contributed by atoms with E-state index in [-0.39, 0.29) is 11.6 Å². The van der Waals surface area contributed by atoms with Crippen molar-refractivity contribution in [2.75, 3.05) is 19.1 Å². The molecule has 0 fully saturated rings. The predicted octanol–water partition coefficient (Wildman–Crippen LogP) is 2.52. The molecule has 0 N–H and O–H groups in total. The van der Waals surface area contributed by atoms with Crippen LogP contribution in [0.4, 0.5) is 5.69 Å². The van der Waals surface area contributed by atoms with Crippen LogP contribution in [0, 0.1) is 0 Å². The molecule has 1 amide bonds. The summed E-state index contributed by atoms with van der Waals surface area (Å²) in [6.45, 7) is 1.52. The number of benzene rings is 1. The van der Waals surface area contributed by atoms with E-state index in [1.54, 1.807) is 24.2 Å². The lowest BCUT2D eigenvalue weighted by Crippen LogP contribution is -2.22. The van der Waals surface area contributed by atoms with Crippen molar-refractivity contribution in [3.05, 3.63) is 48.3 Å². The standard InChI is InChI=1S/C16H16N2O3/c1-11(19)18(2)14-7-4-12(5-8-14)13-6-9-15(17-10-13)16(20)21-3/h4-10H,1-3H3. The first-order chi connectivity index (χ1) is 10.0. The van der Waals surface area contributed by atoms with Crippen LogP contribution in [0.2, 0.25) is 0 Å². The van der Waals surface area contributed by atoms with Crippen molar-refractivity contribution in [1.29, 1.82) is 0 Å². The van der Waals surface area contributed by atoms with Gasteiger partial charge in [-0.15, -0.1) is 0 Å². The first-order valence-corrected chi connectivity index (χ1v) is 6.42. The van der Waals surface area contributed by atoms with Gasteiger partial charge >= 0.3 is 5.97 Å². The van der Waals surface area contributed by atoms with Gasteiger partial charge in [0, 0.05) is 31.4 Å². The first-order valence-electron chi connectivity index (χ1n) is 6.42. The summed E-state index contributed by atoms with van der Waals surface area (Å²) in [7, 11) is 3.05. The van der Waals surface area contributed by atoms with Crippen LogP contribution in [-0.4, -0.2) is 31.0 Å². The van der Waals surface area contributed by atoms with Gasteiger partial charge in [-0.05, 0) is 23.8 Å². The Kier molecular flexibility index (Phi) is 4.33. The predicted molar refractivity (Wildman–Crippen MR) is 80.1 cm³/mol. The second kappa shape index (κ2) is 6.17. The zero-order valence-corrected chi connectivity index (χ0v) is 12.2. The highest BCUT2D eigenvalue weighted by Crippen LogP contribution is 2.22. The average molecular weight is 284 g/mol. The van der Waals surface area contributed by atoms with Crippen LogP contribution in [0.5, 0.6) is 0 Å². The molecule has 21 heavy (non-hydrogen) atoms. The maximum Gasteiger partial charge on any atom is 0.356 e. The Morgan fingerprint density at radius 3 is 2.14 bits per heavy atom. The number of rotatable bonds is 3. The third-order valence-electron chi connectivity index (χ3n) is 3.22. The monoisotopic (exact) mass is 284 g/mol. The van der Waals surface area contributed by atoms with Crippen LogP contribution in [0.3, 0.4) is 0 Å². The number of ether oxygens (including phenoxy) is 1.